The van der Waals surface area contributed by atoms with Gasteiger partial charge in [0.05, 0.1) is 17.9 Å². The molecule has 4 N–H and O–H groups in total. The second kappa shape index (κ2) is 17.8. The molecule has 0 bridgehead atoms. The quantitative estimate of drug-likeness (QED) is 0.105. The van der Waals surface area contributed by atoms with E-state index in [9.17, 15) is 24.0 Å². The number of carbonyl (C=O) groups excluding carboxylic acids is 5. The highest BCUT2D eigenvalue weighted by Crippen LogP contribution is 2.47. The van der Waals surface area contributed by atoms with Gasteiger partial charge in [-0.15, -0.1) is 0 Å². The van der Waals surface area contributed by atoms with Crippen molar-refractivity contribution in [2.45, 2.75) is 120 Å². The van der Waals surface area contributed by atoms with Crippen molar-refractivity contribution in [2.24, 2.45) is 17.3 Å². The first-order chi connectivity index (χ1) is 30.5. The zero-order valence-electron chi connectivity index (χ0n) is 36.6. The zero-order chi connectivity index (χ0) is 43.7. The van der Waals surface area contributed by atoms with Crippen molar-refractivity contribution in [1.82, 2.24) is 35.7 Å². The van der Waals surface area contributed by atoms with Gasteiger partial charge in [-0.1, -0.05) is 98.8 Å². The van der Waals surface area contributed by atoms with Gasteiger partial charge in [-0.3, -0.25) is 24.0 Å². The molecule has 3 heterocycles. The average Bonchev–Trinajstić information content (AvgIpc) is 4.19. The van der Waals surface area contributed by atoms with E-state index in [1.165, 1.54) is 5.56 Å². The van der Waals surface area contributed by atoms with Crippen LogP contribution in [0.3, 0.4) is 0 Å². The number of aromatic nitrogens is 2. The Morgan fingerprint density at radius 2 is 1.22 bits per heavy atom. The van der Waals surface area contributed by atoms with Gasteiger partial charge in [0.25, 0.3) is 0 Å². The molecular formula is C51H61N7O5. The molecule has 3 aliphatic carbocycles. The van der Waals surface area contributed by atoms with Crippen LogP contribution in [0.4, 0.5) is 0 Å². The number of amides is 5. The van der Waals surface area contributed by atoms with Crippen LogP contribution in [-0.4, -0.2) is 75.0 Å². The molecule has 330 valence electrons. The molecule has 2 saturated heterocycles. The Balaban J connectivity index is 0.799. The summed E-state index contributed by atoms with van der Waals surface area (Å²) >= 11 is 0. The highest BCUT2D eigenvalue weighted by Gasteiger charge is 2.44. The van der Waals surface area contributed by atoms with E-state index in [1.807, 2.05) is 76.7 Å². The number of imidazole rings is 1. The first-order valence-electron chi connectivity index (χ1n) is 23.3. The van der Waals surface area contributed by atoms with E-state index in [1.54, 1.807) is 0 Å². The minimum absolute atomic E-state index is 0.00134. The Bertz CT molecular complexity index is 2300. The number of benzene rings is 3. The summed E-state index contributed by atoms with van der Waals surface area (Å²) in [5, 5.41) is 9.34. The molecule has 0 spiro atoms. The molecule has 4 atom stereocenters. The first kappa shape index (κ1) is 42.5. The van der Waals surface area contributed by atoms with Gasteiger partial charge >= 0.3 is 0 Å². The average molecular weight is 852 g/mol. The van der Waals surface area contributed by atoms with E-state index < -0.39 is 17.5 Å². The van der Waals surface area contributed by atoms with Gasteiger partial charge in [-0.05, 0) is 105 Å². The Kier molecular flexibility index (Phi) is 12.0. The fourth-order valence-corrected chi connectivity index (χ4v) is 10.1. The predicted octanol–water partition coefficient (Wildman–Crippen LogP) is 7.22. The van der Waals surface area contributed by atoms with Crippen LogP contribution in [0.1, 0.15) is 132 Å². The van der Waals surface area contributed by atoms with Crippen molar-refractivity contribution in [3.63, 3.8) is 0 Å². The molecule has 5 fully saturated rings. The van der Waals surface area contributed by atoms with E-state index in [-0.39, 0.29) is 58.9 Å². The van der Waals surface area contributed by atoms with Gasteiger partial charge in [-0.2, -0.15) is 0 Å². The van der Waals surface area contributed by atoms with Crippen molar-refractivity contribution >= 4 is 29.5 Å². The molecule has 3 saturated carbocycles. The van der Waals surface area contributed by atoms with E-state index in [4.69, 9.17) is 4.98 Å². The van der Waals surface area contributed by atoms with Gasteiger partial charge in [0, 0.05) is 42.9 Å². The van der Waals surface area contributed by atoms with Crippen LogP contribution < -0.4 is 16.0 Å². The van der Waals surface area contributed by atoms with Gasteiger partial charge in [0.2, 0.25) is 29.5 Å². The molecule has 0 unspecified atom stereocenters. The smallest absolute Gasteiger partial charge is 0.250 e. The molecule has 9 rings (SSSR count). The van der Waals surface area contributed by atoms with Crippen LogP contribution in [0.2, 0.25) is 0 Å². The third-order valence-electron chi connectivity index (χ3n) is 14.7. The van der Waals surface area contributed by atoms with Crippen LogP contribution >= 0.6 is 0 Å². The summed E-state index contributed by atoms with van der Waals surface area (Å²) in [5.74, 6) is 0.450. The Labute approximate surface area is 370 Å². The van der Waals surface area contributed by atoms with Crippen LogP contribution in [-0.2, 0) is 29.4 Å². The third-order valence-corrected chi connectivity index (χ3v) is 14.7. The molecule has 63 heavy (non-hydrogen) atoms. The van der Waals surface area contributed by atoms with Crippen LogP contribution in [0.25, 0.3) is 11.3 Å². The lowest BCUT2D eigenvalue weighted by Crippen LogP contribution is -2.51. The maximum Gasteiger partial charge on any atom is 0.250 e. The summed E-state index contributed by atoms with van der Waals surface area (Å²) in [6.45, 7) is 5.98. The molecule has 4 aromatic rings. The summed E-state index contributed by atoms with van der Waals surface area (Å²) < 4.78 is 0. The molecule has 2 aliphatic heterocycles. The Morgan fingerprint density at radius 3 is 1.79 bits per heavy atom. The number of rotatable bonds is 14. The van der Waals surface area contributed by atoms with E-state index in [0.29, 0.717) is 19.6 Å². The van der Waals surface area contributed by atoms with Crippen molar-refractivity contribution < 1.29 is 24.0 Å². The van der Waals surface area contributed by atoms with Crippen molar-refractivity contribution in [1.29, 1.82) is 0 Å². The number of aromatic amines is 1. The van der Waals surface area contributed by atoms with Crippen molar-refractivity contribution in [3.8, 4) is 11.3 Å². The molecule has 0 radical (unpaired) electrons. The number of nitrogens with one attached hydrogen (secondary N) is 4. The Hall–Kier alpha value is -5.78. The van der Waals surface area contributed by atoms with E-state index in [2.05, 4.69) is 59.0 Å². The normalized spacial score (nSPS) is 25.6. The summed E-state index contributed by atoms with van der Waals surface area (Å²) in [5.41, 5.74) is 4.10. The topological polar surface area (TPSA) is 157 Å². The fourth-order valence-electron chi connectivity index (χ4n) is 10.1. The monoisotopic (exact) mass is 851 g/mol. The number of likely N-dealkylation sites (tertiary alicyclic amines) is 2. The van der Waals surface area contributed by atoms with E-state index in [0.717, 1.165) is 105 Å². The van der Waals surface area contributed by atoms with E-state index >= 15 is 0 Å². The number of nitrogens with zero attached hydrogens (tertiary/aromatic N) is 3. The molecule has 5 amide bonds. The zero-order valence-corrected chi connectivity index (χ0v) is 36.6. The second-order valence-electron chi connectivity index (χ2n) is 19.4. The largest absolute Gasteiger partial charge is 0.354 e. The summed E-state index contributed by atoms with van der Waals surface area (Å²) in [6.07, 6.45) is 11.9. The molecule has 1 aromatic heterocycles. The number of hydrogen-bond acceptors (Lipinski definition) is 6. The summed E-state index contributed by atoms with van der Waals surface area (Å²) in [6, 6.07) is 25.8. The molecule has 5 aliphatic rings. The highest BCUT2D eigenvalue weighted by atomic mass is 16.2. The maximum atomic E-state index is 14.1. The van der Waals surface area contributed by atoms with Gasteiger partial charge in [0.15, 0.2) is 0 Å². The van der Waals surface area contributed by atoms with Crippen molar-refractivity contribution in [2.75, 3.05) is 19.6 Å². The number of carbonyl (C=O) groups is 5. The highest BCUT2D eigenvalue weighted by molar-refractivity contribution is 5.91. The SMILES string of the molecule is CC1(C(=O)NC[C@@H]2CCCN2C(=O)[C@H](NC(=O)C2CC2)c2ccccc2)CCC(C)(c2ccc(-c3cnc([C@@H]4CCCN4C(=O)[C@H](NC(=O)C4CC4)c4ccccc4)[nH]3)cc2)CC1. The van der Waals surface area contributed by atoms with Crippen LogP contribution in [0.15, 0.2) is 91.1 Å². The fraction of sp³-hybridized carbons (Fsp3) is 0.490. The second-order valence-corrected chi connectivity index (χ2v) is 19.4. The lowest BCUT2D eigenvalue weighted by molar-refractivity contribution is -0.138. The van der Waals surface area contributed by atoms with Gasteiger partial charge in [0.1, 0.15) is 17.9 Å². The lowest BCUT2D eigenvalue weighted by atomic mass is 9.62. The minimum Gasteiger partial charge on any atom is -0.354 e. The van der Waals surface area contributed by atoms with Gasteiger partial charge in [-0.25, -0.2) is 4.98 Å². The molecule has 12 heteroatoms. The maximum absolute atomic E-state index is 14.1. The molecule has 12 nitrogen and oxygen atoms in total. The minimum atomic E-state index is -0.734. The number of H-pyrrole nitrogens is 1. The number of hydrogen-bond donors (Lipinski definition) is 4. The Morgan fingerprint density at radius 1 is 0.683 bits per heavy atom. The summed E-state index contributed by atoms with van der Waals surface area (Å²) in [7, 11) is 0. The summed E-state index contributed by atoms with van der Waals surface area (Å²) in [4.78, 5) is 79.8. The van der Waals surface area contributed by atoms with Crippen LogP contribution in [0, 0.1) is 17.3 Å². The molecule has 3 aromatic carbocycles. The third kappa shape index (κ3) is 9.17. The predicted molar refractivity (Wildman–Crippen MR) is 239 cm³/mol. The first-order valence-corrected chi connectivity index (χ1v) is 23.3. The van der Waals surface area contributed by atoms with Crippen LogP contribution in [0.5, 0.6) is 0 Å². The standard InChI is InChI=1S/C51H61N7O5/c1-50(25-27-51(2,28-26-50)49(63)53-31-39-15-9-29-57(39)47(61)42(34-11-5-3-6-12-34)55-45(59)36-17-18-36)38-23-21-33(22-24-38)40-32-52-44(54-40)41-16-10-30-58(41)48(62)43(35-13-7-4-8-14-35)56-46(60)37-19-20-37/h3-8,11-14,21-24,32,36-37,39,41-43H,9-10,15-20,25-31H2,1-2H3,(H,52,54)(H,53,63)(H,55,59)(H,56,60)/t39-,41-,42+,43+,50?,51?/m0/s1. The lowest BCUT2D eigenvalue weighted by Gasteiger charge is -2.43. The van der Waals surface area contributed by atoms with Crippen molar-refractivity contribution in [3.05, 3.63) is 114 Å². The molecular weight excluding hydrogens is 791 g/mol. The van der Waals surface area contributed by atoms with Gasteiger partial charge < -0.3 is 30.7 Å².